The van der Waals surface area contributed by atoms with E-state index in [1.807, 2.05) is 49.6 Å². The average molecular weight is 333 g/mol. The number of hydrogen-bond acceptors (Lipinski definition) is 5. The minimum absolute atomic E-state index is 0.158. The normalized spacial score (nSPS) is 19.5. The molecule has 2 atom stereocenters. The first kappa shape index (κ1) is 16.3. The number of benzene rings is 1. The van der Waals surface area contributed by atoms with Crippen molar-refractivity contribution in [3.63, 3.8) is 0 Å². The quantitative estimate of drug-likeness (QED) is 0.850. The van der Waals surface area contributed by atoms with E-state index in [2.05, 4.69) is 5.32 Å². The van der Waals surface area contributed by atoms with E-state index in [-0.39, 0.29) is 6.04 Å². The molecule has 0 bridgehead atoms. The summed E-state index contributed by atoms with van der Waals surface area (Å²) in [6.07, 6.45) is 0.878. The van der Waals surface area contributed by atoms with Crippen LogP contribution in [0.15, 0.2) is 35.7 Å². The third-order valence-corrected chi connectivity index (χ3v) is 5.20. The Hall–Kier alpha value is -1.56. The fourth-order valence-corrected chi connectivity index (χ4v) is 3.62. The molecule has 1 aliphatic heterocycles. The van der Waals surface area contributed by atoms with Gasteiger partial charge in [0.2, 0.25) is 0 Å². The van der Waals surface area contributed by atoms with Crippen LogP contribution in [0.25, 0.3) is 0 Å². The fraction of sp³-hybridized carbons (Fsp3) is 0.444. The fourth-order valence-electron chi connectivity index (χ4n) is 2.84. The largest absolute Gasteiger partial charge is 0.494 e. The first-order valence-electron chi connectivity index (χ1n) is 7.99. The predicted molar refractivity (Wildman–Crippen MR) is 92.4 cm³/mol. The molecule has 2 N–H and O–H groups in total. The summed E-state index contributed by atoms with van der Waals surface area (Å²) in [6.45, 7) is 5.65. The molecular formula is C18H23NO3S. The van der Waals surface area contributed by atoms with Crippen molar-refractivity contribution in [1.29, 1.82) is 0 Å². The number of nitrogens with one attached hydrogen (secondary N) is 1. The van der Waals surface area contributed by atoms with Gasteiger partial charge in [-0.3, -0.25) is 0 Å². The molecule has 0 saturated carbocycles. The number of ether oxygens (including phenoxy) is 2. The highest BCUT2D eigenvalue weighted by Gasteiger charge is 2.28. The molecule has 124 valence electrons. The van der Waals surface area contributed by atoms with Crippen LogP contribution in [-0.4, -0.2) is 24.9 Å². The summed E-state index contributed by atoms with van der Waals surface area (Å²) in [4.78, 5) is 0.973. The van der Waals surface area contributed by atoms with Crippen molar-refractivity contribution >= 4 is 11.3 Å². The Bertz CT molecular complexity index is 640. The van der Waals surface area contributed by atoms with E-state index in [1.54, 1.807) is 11.3 Å². The standard InChI is InChI=1S/C18H23NO3S/c1-3-21-13-6-7-16-14(11-13)15(8-9-22-16)19-12-18(2,20)17-5-4-10-23-17/h4-7,10-11,15,19-20H,3,8-9,12H2,1-2H3. The van der Waals surface area contributed by atoms with Crippen LogP contribution in [-0.2, 0) is 5.60 Å². The Morgan fingerprint density at radius 3 is 3.04 bits per heavy atom. The van der Waals surface area contributed by atoms with Gasteiger partial charge in [0.05, 0.1) is 13.2 Å². The summed E-state index contributed by atoms with van der Waals surface area (Å²) < 4.78 is 11.3. The summed E-state index contributed by atoms with van der Waals surface area (Å²) in [5.74, 6) is 1.75. The summed E-state index contributed by atoms with van der Waals surface area (Å²) in [5.41, 5.74) is 0.230. The van der Waals surface area contributed by atoms with Crippen LogP contribution in [0.4, 0.5) is 0 Å². The molecule has 0 fully saturated rings. The highest BCUT2D eigenvalue weighted by atomic mass is 32.1. The van der Waals surface area contributed by atoms with Gasteiger partial charge < -0.3 is 19.9 Å². The van der Waals surface area contributed by atoms with Crippen LogP contribution in [0.1, 0.15) is 36.8 Å². The molecule has 0 radical (unpaired) electrons. The third-order valence-electron chi connectivity index (χ3n) is 4.08. The van der Waals surface area contributed by atoms with Crippen LogP contribution in [0.3, 0.4) is 0 Å². The van der Waals surface area contributed by atoms with Crippen LogP contribution in [0, 0.1) is 0 Å². The van der Waals surface area contributed by atoms with Crippen molar-refractivity contribution in [3.05, 3.63) is 46.2 Å². The van der Waals surface area contributed by atoms with Crippen molar-refractivity contribution in [2.75, 3.05) is 19.8 Å². The SMILES string of the molecule is CCOc1ccc2c(c1)C(NCC(C)(O)c1cccs1)CCO2. The van der Waals surface area contributed by atoms with Crippen molar-refractivity contribution in [2.45, 2.75) is 31.9 Å². The maximum atomic E-state index is 10.7. The van der Waals surface area contributed by atoms with Crippen molar-refractivity contribution in [1.82, 2.24) is 5.32 Å². The molecule has 4 nitrogen and oxygen atoms in total. The topological polar surface area (TPSA) is 50.7 Å². The lowest BCUT2D eigenvalue weighted by Gasteiger charge is -2.30. The van der Waals surface area contributed by atoms with Crippen molar-refractivity contribution in [3.8, 4) is 11.5 Å². The summed E-state index contributed by atoms with van der Waals surface area (Å²) in [6, 6.07) is 10.0. The number of hydrogen-bond donors (Lipinski definition) is 2. The molecule has 23 heavy (non-hydrogen) atoms. The van der Waals surface area contributed by atoms with Crippen LogP contribution in [0.5, 0.6) is 11.5 Å². The Kier molecular flexibility index (Phi) is 4.90. The minimum atomic E-state index is -0.871. The van der Waals surface area contributed by atoms with Crippen LogP contribution >= 0.6 is 11.3 Å². The molecule has 2 aromatic rings. The van der Waals surface area contributed by atoms with Crippen LogP contribution < -0.4 is 14.8 Å². The van der Waals surface area contributed by atoms with Gasteiger partial charge in [-0.1, -0.05) is 6.07 Å². The van der Waals surface area contributed by atoms with Gasteiger partial charge in [-0.2, -0.15) is 0 Å². The molecule has 1 aromatic carbocycles. The van der Waals surface area contributed by atoms with E-state index in [9.17, 15) is 5.11 Å². The van der Waals surface area contributed by atoms with Gasteiger partial charge in [0.25, 0.3) is 0 Å². The molecule has 1 aromatic heterocycles. The van der Waals surface area contributed by atoms with Crippen molar-refractivity contribution in [2.24, 2.45) is 0 Å². The van der Waals surface area contributed by atoms with E-state index in [0.717, 1.165) is 28.4 Å². The van der Waals surface area contributed by atoms with Crippen molar-refractivity contribution < 1.29 is 14.6 Å². The number of fused-ring (bicyclic) bond motifs is 1. The lowest BCUT2D eigenvalue weighted by Crippen LogP contribution is -2.38. The van der Waals surface area contributed by atoms with Crippen LogP contribution in [0.2, 0.25) is 0 Å². The molecule has 0 amide bonds. The van der Waals surface area contributed by atoms with E-state index in [1.165, 1.54) is 0 Å². The second-order valence-corrected chi connectivity index (χ2v) is 6.90. The van der Waals surface area contributed by atoms with Gasteiger partial charge in [0, 0.05) is 29.4 Å². The zero-order valence-corrected chi connectivity index (χ0v) is 14.4. The number of aliphatic hydroxyl groups is 1. The Morgan fingerprint density at radius 1 is 1.43 bits per heavy atom. The molecule has 5 heteroatoms. The van der Waals surface area contributed by atoms with E-state index in [0.29, 0.717) is 19.8 Å². The molecule has 0 aliphatic carbocycles. The maximum absolute atomic E-state index is 10.7. The molecule has 2 unspecified atom stereocenters. The van der Waals surface area contributed by atoms with Gasteiger partial charge in [-0.05, 0) is 43.5 Å². The number of rotatable bonds is 6. The highest BCUT2D eigenvalue weighted by molar-refractivity contribution is 7.10. The van der Waals surface area contributed by atoms with E-state index < -0.39 is 5.60 Å². The van der Waals surface area contributed by atoms with E-state index in [4.69, 9.17) is 9.47 Å². The van der Waals surface area contributed by atoms with Gasteiger partial charge in [0.15, 0.2) is 0 Å². The van der Waals surface area contributed by atoms with Gasteiger partial charge in [-0.25, -0.2) is 0 Å². The zero-order chi connectivity index (χ0) is 16.3. The Morgan fingerprint density at radius 2 is 2.30 bits per heavy atom. The zero-order valence-electron chi connectivity index (χ0n) is 13.5. The van der Waals surface area contributed by atoms with Gasteiger partial charge in [-0.15, -0.1) is 11.3 Å². The third kappa shape index (κ3) is 3.68. The second kappa shape index (κ2) is 6.91. The predicted octanol–water partition coefficient (Wildman–Crippen LogP) is 3.47. The van der Waals surface area contributed by atoms with Gasteiger partial charge in [0.1, 0.15) is 17.1 Å². The summed E-state index contributed by atoms with van der Waals surface area (Å²) >= 11 is 1.58. The van der Waals surface area contributed by atoms with E-state index >= 15 is 0 Å². The lowest BCUT2D eigenvalue weighted by atomic mass is 9.98. The first-order chi connectivity index (χ1) is 11.1. The molecule has 1 aliphatic rings. The minimum Gasteiger partial charge on any atom is -0.494 e. The monoisotopic (exact) mass is 333 g/mol. The smallest absolute Gasteiger partial charge is 0.124 e. The maximum Gasteiger partial charge on any atom is 0.124 e. The highest BCUT2D eigenvalue weighted by Crippen LogP contribution is 2.35. The summed E-state index contributed by atoms with van der Waals surface area (Å²) in [7, 11) is 0. The summed E-state index contributed by atoms with van der Waals surface area (Å²) in [5, 5.41) is 16.2. The molecule has 3 rings (SSSR count). The van der Waals surface area contributed by atoms with Gasteiger partial charge >= 0.3 is 0 Å². The molecule has 0 spiro atoms. The molecular weight excluding hydrogens is 310 g/mol. The Balaban J connectivity index is 1.74. The lowest BCUT2D eigenvalue weighted by molar-refractivity contribution is 0.0554. The second-order valence-electron chi connectivity index (χ2n) is 5.95. The molecule has 0 saturated heterocycles. The average Bonchev–Trinajstić information content (AvgIpc) is 3.09. The molecule has 2 heterocycles. The number of thiophene rings is 1. The Labute approximate surface area is 141 Å². The first-order valence-corrected chi connectivity index (χ1v) is 8.87.